The zero-order valence-corrected chi connectivity index (χ0v) is 11.3. The number of nitrogens with zero attached hydrogens (tertiary/aromatic N) is 2. The molecule has 0 aliphatic carbocycles. The van der Waals surface area contributed by atoms with E-state index in [0.717, 1.165) is 41.6 Å². The number of nitrogens with two attached hydrogens (primary N) is 1. The number of halogens is 1. The average Bonchev–Trinajstić information content (AvgIpc) is 3.01. The Morgan fingerprint density at radius 2 is 2.16 bits per heavy atom. The molecule has 2 heterocycles. The molecule has 3 rings (SSSR count). The maximum atomic E-state index is 6.04. The number of benzene rings is 1. The minimum Gasteiger partial charge on any atom is -0.396 e. The van der Waals surface area contributed by atoms with Crippen LogP contribution in [0.25, 0.3) is 0 Å². The van der Waals surface area contributed by atoms with Crippen molar-refractivity contribution in [2.75, 3.05) is 18.9 Å². The van der Waals surface area contributed by atoms with Crippen LogP contribution in [0, 0.1) is 0 Å². The summed E-state index contributed by atoms with van der Waals surface area (Å²) in [7, 11) is 0. The Morgan fingerprint density at radius 1 is 1.37 bits per heavy atom. The molecule has 2 aromatic rings. The first-order chi connectivity index (χ1) is 9.22. The molecule has 2 N–H and O–H groups in total. The van der Waals surface area contributed by atoms with Crippen LogP contribution in [0.5, 0.6) is 0 Å². The maximum absolute atomic E-state index is 6.04. The van der Waals surface area contributed by atoms with Gasteiger partial charge in [-0.25, -0.2) is 0 Å². The predicted molar refractivity (Wildman–Crippen MR) is 75.4 cm³/mol. The van der Waals surface area contributed by atoms with E-state index >= 15 is 0 Å². The molecule has 5 heteroatoms. The predicted octanol–water partition coefficient (Wildman–Crippen LogP) is 2.67. The molecular weight excluding hydrogens is 262 g/mol. The van der Waals surface area contributed by atoms with Crippen LogP contribution in [0.1, 0.15) is 23.6 Å². The average molecular weight is 278 g/mol. The summed E-state index contributed by atoms with van der Waals surface area (Å²) in [5.41, 5.74) is 8.91. The summed E-state index contributed by atoms with van der Waals surface area (Å²) in [5.74, 6) is 0.339. The van der Waals surface area contributed by atoms with Crippen LogP contribution >= 0.6 is 11.6 Å². The lowest BCUT2D eigenvalue weighted by molar-refractivity contribution is 0.193. The van der Waals surface area contributed by atoms with Gasteiger partial charge in [-0.15, -0.1) is 0 Å². The number of rotatable bonds is 3. The molecule has 1 atom stereocenters. The smallest absolute Gasteiger partial charge is 0.0908 e. The number of hydrogen-bond acceptors (Lipinski definition) is 3. The van der Waals surface area contributed by atoms with Crippen molar-refractivity contribution in [1.29, 1.82) is 0 Å². The molecule has 1 aromatic heterocycles. The number of hydrogen-bond donors (Lipinski definition) is 1. The Kier molecular flexibility index (Phi) is 3.44. The molecule has 1 aromatic carbocycles. The fraction of sp³-hybridized carbons (Fsp3) is 0.357. The molecule has 1 aliphatic heterocycles. The standard InChI is InChI=1S/C14H16ClN3O/c15-12-3-1-10(2-4-12)7-18-8-13(16)14(17-18)11-5-6-19-9-11/h1-4,8,11H,5-7,9,16H2. The topological polar surface area (TPSA) is 53.1 Å². The van der Waals surface area contributed by atoms with Gasteiger partial charge >= 0.3 is 0 Å². The largest absolute Gasteiger partial charge is 0.396 e. The Hall–Kier alpha value is -1.52. The van der Waals surface area contributed by atoms with E-state index in [0.29, 0.717) is 12.5 Å². The van der Waals surface area contributed by atoms with Crippen molar-refractivity contribution in [3.8, 4) is 0 Å². The molecule has 0 spiro atoms. The zero-order chi connectivity index (χ0) is 13.2. The van der Waals surface area contributed by atoms with Crippen LogP contribution in [0.2, 0.25) is 5.02 Å². The third kappa shape index (κ3) is 2.74. The van der Waals surface area contributed by atoms with Crippen molar-refractivity contribution in [3.05, 3.63) is 46.7 Å². The van der Waals surface area contributed by atoms with Crippen molar-refractivity contribution >= 4 is 17.3 Å². The minimum absolute atomic E-state index is 0.339. The summed E-state index contributed by atoms with van der Waals surface area (Å²) in [6.45, 7) is 2.23. The van der Waals surface area contributed by atoms with E-state index in [9.17, 15) is 0 Å². The van der Waals surface area contributed by atoms with Gasteiger partial charge in [-0.2, -0.15) is 5.10 Å². The second-order valence-electron chi connectivity index (χ2n) is 4.85. The molecule has 4 nitrogen and oxygen atoms in total. The van der Waals surface area contributed by atoms with Crippen LogP contribution in [-0.2, 0) is 11.3 Å². The van der Waals surface area contributed by atoms with Gasteiger partial charge in [0.05, 0.1) is 24.5 Å². The Morgan fingerprint density at radius 3 is 2.84 bits per heavy atom. The van der Waals surface area contributed by atoms with Crippen molar-refractivity contribution in [2.45, 2.75) is 18.9 Å². The molecule has 1 unspecified atom stereocenters. The monoisotopic (exact) mass is 277 g/mol. The first kappa shape index (κ1) is 12.5. The van der Waals surface area contributed by atoms with Gasteiger partial charge in [0.1, 0.15) is 0 Å². The summed E-state index contributed by atoms with van der Waals surface area (Å²) < 4.78 is 7.27. The van der Waals surface area contributed by atoms with Gasteiger partial charge in [-0.3, -0.25) is 4.68 Å². The highest BCUT2D eigenvalue weighted by Crippen LogP contribution is 2.28. The second-order valence-corrected chi connectivity index (χ2v) is 5.29. The van der Waals surface area contributed by atoms with Crippen molar-refractivity contribution < 1.29 is 4.74 Å². The zero-order valence-electron chi connectivity index (χ0n) is 10.6. The van der Waals surface area contributed by atoms with Crippen molar-refractivity contribution in [1.82, 2.24) is 9.78 Å². The molecule has 1 saturated heterocycles. The SMILES string of the molecule is Nc1cn(Cc2ccc(Cl)cc2)nc1C1CCOC1. The first-order valence-corrected chi connectivity index (χ1v) is 6.75. The molecule has 0 bridgehead atoms. The van der Waals surface area contributed by atoms with Crippen molar-refractivity contribution in [3.63, 3.8) is 0 Å². The van der Waals surface area contributed by atoms with E-state index in [1.807, 2.05) is 35.1 Å². The van der Waals surface area contributed by atoms with Crippen molar-refractivity contribution in [2.24, 2.45) is 0 Å². The third-order valence-electron chi connectivity index (χ3n) is 3.39. The quantitative estimate of drug-likeness (QED) is 0.938. The van der Waals surface area contributed by atoms with Gasteiger partial charge in [0, 0.05) is 23.7 Å². The molecule has 100 valence electrons. The van der Waals surface area contributed by atoms with E-state index in [4.69, 9.17) is 22.1 Å². The van der Waals surface area contributed by atoms with Crippen LogP contribution < -0.4 is 5.73 Å². The third-order valence-corrected chi connectivity index (χ3v) is 3.65. The minimum atomic E-state index is 0.339. The second kappa shape index (κ2) is 5.23. The highest BCUT2D eigenvalue weighted by molar-refractivity contribution is 6.30. The number of aromatic nitrogens is 2. The Balaban J connectivity index is 1.78. The van der Waals surface area contributed by atoms with E-state index < -0.39 is 0 Å². The normalized spacial score (nSPS) is 18.9. The van der Waals surface area contributed by atoms with E-state index in [2.05, 4.69) is 5.10 Å². The Labute approximate surface area is 117 Å². The number of ether oxygens (including phenoxy) is 1. The van der Waals surface area contributed by atoms with E-state index in [-0.39, 0.29) is 0 Å². The van der Waals surface area contributed by atoms with Crippen LogP contribution in [0.3, 0.4) is 0 Å². The first-order valence-electron chi connectivity index (χ1n) is 6.37. The molecule has 1 fully saturated rings. The highest BCUT2D eigenvalue weighted by Gasteiger charge is 2.22. The summed E-state index contributed by atoms with van der Waals surface area (Å²) in [6, 6.07) is 7.77. The lowest BCUT2D eigenvalue weighted by atomic mass is 10.0. The fourth-order valence-electron chi connectivity index (χ4n) is 2.38. The molecule has 0 saturated carbocycles. The van der Waals surface area contributed by atoms with Gasteiger partial charge in [-0.1, -0.05) is 23.7 Å². The van der Waals surface area contributed by atoms with Crippen LogP contribution in [0.4, 0.5) is 5.69 Å². The van der Waals surface area contributed by atoms with Gasteiger partial charge in [0.15, 0.2) is 0 Å². The fourth-order valence-corrected chi connectivity index (χ4v) is 2.50. The lowest BCUT2D eigenvalue weighted by Gasteiger charge is -2.04. The van der Waals surface area contributed by atoms with Gasteiger partial charge in [0.2, 0.25) is 0 Å². The number of anilines is 1. The summed E-state index contributed by atoms with van der Waals surface area (Å²) in [6.07, 6.45) is 2.89. The highest BCUT2D eigenvalue weighted by atomic mass is 35.5. The summed E-state index contributed by atoms with van der Waals surface area (Å²) in [5, 5.41) is 5.33. The molecular formula is C14H16ClN3O. The van der Waals surface area contributed by atoms with Crippen LogP contribution in [-0.4, -0.2) is 23.0 Å². The summed E-state index contributed by atoms with van der Waals surface area (Å²) >= 11 is 5.87. The Bertz CT molecular complexity index is 559. The van der Waals surface area contributed by atoms with E-state index in [1.165, 1.54) is 0 Å². The van der Waals surface area contributed by atoms with E-state index in [1.54, 1.807) is 0 Å². The summed E-state index contributed by atoms with van der Waals surface area (Å²) in [4.78, 5) is 0. The van der Waals surface area contributed by atoms with Gasteiger partial charge < -0.3 is 10.5 Å². The number of nitrogen functional groups attached to an aromatic ring is 1. The molecule has 0 radical (unpaired) electrons. The van der Waals surface area contributed by atoms with Gasteiger partial charge in [0.25, 0.3) is 0 Å². The molecule has 1 aliphatic rings. The van der Waals surface area contributed by atoms with Crippen LogP contribution in [0.15, 0.2) is 30.5 Å². The molecule has 0 amide bonds. The molecule has 19 heavy (non-hydrogen) atoms. The maximum Gasteiger partial charge on any atom is 0.0908 e. The van der Waals surface area contributed by atoms with Gasteiger partial charge in [-0.05, 0) is 24.1 Å². The lowest BCUT2D eigenvalue weighted by Crippen LogP contribution is -2.04.